The van der Waals surface area contributed by atoms with Crippen molar-refractivity contribution in [1.29, 1.82) is 0 Å². The highest BCUT2D eigenvalue weighted by Gasteiger charge is 2.18. The van der Waals surface area contributed by atoms with E-state index in [1.54, 1.807) is 6.07 Å². The molecule has 0 saturated carbocycles. The lowest BCUT2D eigenvalue weighted by Gasteiger charge is -2.22. The Balaban J connectivity index is 0.00000225. The van der Waals surface area contributed by atoms with Gasteiger partial charge in [-0.2, -0.15) is 0 Å². The third kappa shape index (κ3) is 3.80. The van der Waals surface area contributed by atoms with E-state index >= 15 is 0 Å². The number of para-hydroxylation sites is 1. The zero-order valence-electron chi connectivity index (χ0n) is 15.2. The Hall–Kier alpha value is -2.05. The van der Waals surface area contributed by atoms with E-state index in [0.29, 0.717) is 5.75 Å². The van der Waals surface area contributed by atoms with Crippen molar-refractivity contribution in [1.82, 2.24) is 0 Å². The average molecular weight is 345 g/mol. The van der Waals surface area contributed by atoms with Crippen molar-refractivity contribution in [2.24, 2.45) is 0 Å². The molecule has 3 rings (SSSR count). The summed E-state index contributed by atoms with van der Waals surface area (Å²) in [7, 11) is -0.493. The summed E-state index contributed by atoms with van der Waals surface area (Å²) in [4.78, 5) is 0. The van der Waals surface area contributed by atoms with Gasteiger partial charge >= 0.3 is 0 Å². The fourth-order valence-corrected chi connectivity index (χ4v) is 5.81. The predicted octanol–water partition coefficient (Wildman–Crippen LogP) is 4.67. The summed E-state index contributed by atoms with van der Waals surface area (Å²) in [6, 6.07) is 20.6. The first-order chi connectivity index (χ1) is 11.5. The lowest BCUT2D eigenvalue weighted by Crippen LogP contribution is -2.18. The van der Waals surface area contributed by atoms with Gasteiger partial charge in [-0.25, -0.2) is 0 Å². The van der Waals surface area contributed by atoms with E-state index in [-0.39, 0.29) is 8.41 Å². The van der Waals surface area contributed by atoms with Crippen LogP contribution in [-0.2, 0) is 0 Å². The molecule has 3 aromatic rings. The Bertz CT molecular complexity index is 866. The summed E-state index contributed by atoms with van der Waals surface area (Å²) in [5, 5.41) is 13.0. The lowest BCUT2D eigenvalue weighted by molar-refractivity contribution is 0.477. The second kappa shape index (κ2) is 7.89. The van der Waals surface area contributed by atoms with Crippen LogP contribution in [0.15, 0.2) is 60.7 Å². The molecule has 0 spiro atoms. The van der Waals surface area contributed by atoms with Gasteiger partial charge in [-0.05, 0) is 68.7 Å². The molecule has 25 heavy (non-hydrogen) atoms. The molecule has 1 unspecified atom stereocenters. The van der Waals surface area contributed by atoms with Gasteiger partial charge in [0.2, 0.25) is 0 Å². The van der Waals surface area contributed by atoms with E-state index in [0.717, 1.165) is 11.1 Å². The zero-order valence-corrected chi connectivity index (χ0v) is 16.1. The third-order valence-corrected chi connectivity index (χ3v) is 6.92. The van der Waals surface area contributed by atoms with Crippen molar-refractivity contribution in [3.8, 4) is 16.9 Å². The van der Waals surface area contributed by atoms with Crippen molar-refractivity contribution in [2.75, 3.05) is 6.66 Å². The Morgan fingerprint density at radius 3 is 1.88 bits per heavy atom. The van der Waals surface area contributed by atoms with E-state index < -0.39 is 7.92 Å². The SMILES string of the molecule is Cc1cc(C)c(P(C)c2ccccc2-c2ccccc2O)c(C)c1.[B]. The summed E-state index contributed by atoms with van der Waals surface area (Å²) in [5.74, 6) is 0.339. The largest absolute Gasteiger partial charge is 0.507 e. The molecule has 0 aromatic heterocycles. The molecule has 1 nitrogen and oxygen atoms in total. The number of phenolic OH excluding ortho intramolecular Hbond substituents is 1. The first-order valence-corrected chi connectivity index (χ1v) is 9.97. The van der Waals surface area contributed by atoms with E-state index in [9.17, 15) is 5.11 Å². The van der Waals surface area contributed by atoms with Crippen LogP contribution >= 0.6 is 7.92 Å². The molecule has 3 radical (unpaired) electrons. The molecule has 0 heterocycles. The highest BCUT2D eigenvalue weighted by molar-refractivity contribution is 7.72. The van der Waals surface area contributed by atoms with E-state index in [4.69, 9.17) is 0 Å². The molecule has 125 valence electrons. The molecule has 0 bridgehead atoms. The van der Waals surface area contributed by atoms with Gasteiger partial charge in [0.25, 0.3) is 0 Å². The summed E-state index contributed by atoms with van der Waals surface area (Å²) >= 11 is 0. The second-order valence-corrected chi connectivity index (χ2v) is 8.39. The van der Waals surface area contributed by atoms with Crippen molar-refractivity contribution in [3.63, 3.8) is 0 Å². The molecular formula is C22H23BOP. The van der Waals surface area contributed by atoms with Gasteiger partial charge in [0.15, 0.2) is 0 Å². The quantitative estimate of drug-likeness (QED) is 0.540. The van der Waals surface area contributed by atoms with Crippen LogP contribution in [0.4, 0.5) is 0 Å². The zero-order chi connectivity index (χ0) is 17.3. The minimum Gasteiger partial charge on any atom is -0.507 e. The summed E-state index contributed by atoms with van der Waals surface area (Å²) in [5.41, 5.74) is 6.06. The normalized spacial score (nSPS) is 11.7. The maximum atomic E-state index is 10.3. The van der Waals surface area contributed by atoms with Gasteiger partial charge in [0, 0.05) is 14.0 Å². The van der Waals surface area contributed by atoms with Crippen LogP contribution in [0.5, 0.6) is 5.75 Å². The fourth-order valence-electron chi connectivity index (χ4n) is 3.52. The number of phenols is 1. The van der Waals surface area contributed by atoms with Crippen LogP contribution in [0.2, 0.25) is 0 Å². The monoisotopic (exact) mass is 345 g/mol. The Morgan fingerprint density at radius 1 is 0.760 bits per heavy atom. The average Bonchev–Trinajstić information content (AvgIpc) is 2.54. The van der Waals surface area contributed by atoms with Gasteiger partial charge in [0.1, 0.15) is 5.75 Å². The topological polar surface area (TPSA) is 20.2 Å². The summed E-state index contributed by atoms with van der Waals surface area (Å²) in [6.45, 7) is 8.88. The van der Waals surface area contributed by atoms with E-state index in [1.165, 1.54) is 27.3 Å². The van der Waals surface area contributed by atoms with Crippen molar-refractivity contribution in [3.05, 3.63) is 77.4 Å². The van der Waals surface area contributed by atoms with Gasteiger partial charge < -0.3 is 5.11 Å². The number of hydrogen-bond acceptors (Lipinski definition) is 1. The molecule has 0 fully saturated rings. The standard InChI is InChI=1S/C22H23OP.B/c1-15-13-16(2)22(17(3)14-15)24(4)21-12-8-6-10-19(21)18-9-5-7-11-20(18)23;/h5-14,23H,1-4H3;. The molecule has 0 aliphatic carbocycles. The fraction of sp³-hybridized carbons (Fsp3) is 0.182. The first kappa shape index (κ1) is 19.3. The predicted molar refractivity (Wildman–Crippen MR) is 112 cm³/mol. The maximum Gasteiger partial charge on any atom is 0.123 e. The van der Waals surface area contributed by atoms with Crippen LogP contribution in [0.25, 0.3) is 11.1 Å². The summed E-state index contributed by atoms with van der Waals surface area (Å²) < 4.78 is 0. The van der Waals surface area contributed by atoms with Crippen molar-refractivity contribution < 1.29 is 5.11 Å². The lowest BCUT2D eigenvalue weighted by atomic mass is 10.0. The molecule has 1 atom stereocenters. The summed E-state index contributed by atoms with van der Waals surface area (Å²) in [6.07, 6.45) is 0. The van der Waals surface area contributed by atoms with E-state index in [1.807, 2.05) is 24.3 Å². The second-order valence-electron chi connectivity index (χ2n) is 6.34. The molecule has 3 aromatic carbocycles. The number of aryl methyl sites for hydroxylation is 3. The first-order valence-electron chi connectivity index (χ1n) is 8.18. The molecule has 0 aliphatic heterocycles. The van der Waals surface area contributed by atoms with Gasteiger partial charge in [-0.3, -0.25) is 0 Å². The maximum absolute atomic E-state index is 10.3. The molecule has 1 N–H and O–H groups in total. The highest BCUT2D eigenvalue weighted by Crippen LogP contribution is 2.38. The van der Waals surface area contributed by atoms with Crippen LogP contribution in [0.3, 0.4) is 0 Å². The van der Waals surface area contributed by atoms with Crippen LogP contribution in [-0.4, -0.2) is 20.2 Å². The molecule has 0 aliphatic rings. The number of rotatable bonds is 3. The number of hydrogen-bond donors (Lipinski definition) is 1. The number of aromatic hydroxyl groups is 1. The van der Waals surface area contributed by atoms with Gasteiger partial charge in [-0.15, -0.1) is 0 Å². The smallest absolute Gasteiger partial charge is 0.123 e. The third-order valence-electron chi connectivity index (χ3n) is 4.43. The van der Waals surface area contributed by atoms with Crippen molar-refractivity contribution >= 4 is 26.9 Å². The highest BCUT2D eigenvalue weighted by atomic mass is 31.1. The van der Waals surface area contributed by atoms with Crippen LogP contribution in [0.1, 0.15) is 16.7 Å². The molecule has 0 amide bonds. The van der Waals surface area contributed by atoms with Crippen LogP contribution < -0.4 is 10.6 Å². The Morgan fingerprint density at radius 2 is 1.28 bits per heavy atom. The molecule has 3 heteroatoms. The van der Waals surface area contributed by atoms with Crippen molar-refractivity contribution in [2.45, 2.75) is 20.8 Å². The Labute approximate surface area is 154 Å². The minimum atomic E-state index is -0.493. The van der Waals surface area contributed by atoms with E-state index in [2.05, 4.69) is 57.8 Å². The minimum absolute atomic E-state index is 0. The van der Waals surface area contributed by atoms with Gasteiger partial charge in [0.05, 0.1) is 0 Å². The number of benzene rings is 3. The molecule has 0 saturated heterocycles. The van der Waals surface area contributed by atoms with Crippen LogP contribution in [0, 0.1) is 20.8 Å². The molecular weight excluding hydrogens is 322 g/mol. The Kier molecular flexibility index (Phi) is 6.09. The van der Waals surface area contributed by atoms with Gasteiger partial charge in [-0.1, -0.05) is 60.2 Å².